The van der Waals surface area contributed by atoms with E-state index in [-0.39, 0.29) is 23.6 Å². The average Bonchev–Trinajstić information content (AvgIpc) is 2.73. The Morgan fingerprint density at radius 2 is 1.77 bits per heavy atom. The molecule has 2 saturated heterocycles. The van der Waals surface area contributed by atoms with E-state index in [4.69, 9.17) is 0 Å². The largest absolute Gasteiger partial charge is 0.480 e. The van der Waals surface area contributed by atoms with Gasteiger partial charge in [0.05, 0.1) is 12.0 Å². The molecule has 0 aliphatic carbocycles. The third-order valence-electron chi connectivity index (χ3n) is 5.48. The molecule has 156 valence electrons. The molecule has 2 aromatic carbocycles. The summed E-state index contributed by atoms with van der Waals surface area (Å²) in [5.41, 5.74) is 0.812. The summed E-state index contributed by atoms with van der Waals surface area (Å²) in [6.07, 6.45) is 0.178. The molecule has 4 rings (SSSR count). The van der Waals surface area contributed by atoms with Crippen LogP contribution in [0.3, 0.4) is 0 Å². The number of anilines is 1. The van der Waals surface area contributed by atoms with Gasteiger partial charge in [-0.15, -0.1) is 11.8 Å². The van der Waals surface area contributed by atoms with Gasteiger partial charge in [-0.1, -0.05) is 48.5 Å². The number of amides is 2. The zero-order valence-electron chi connectivity index (χ0n) is 16.4. The Morgan fingerprint density at radius 1 is 1.13 bits per heavy atom. The second-order valence-corrected chi connectivity index (χ2v) is 8.91. The monoisotopic (exact) mass is 425 g/mol. The van der Waals surface area contributed by atoms with Crippen molar-refractivity contribution >= 4 is 35.2 Å². The molecule has 0 saturated carbocycles. The summed E-state index contributed by atoms with van der Waals surface area (Å²) >= 11 is 1.48. The smallest absolute Gasteiger partial charge is 0.328 e. The van der Waals surface area contributed by atoms with Crippen molar-refractivity contribution in [2.24, 2.45) is 0 Å². The molecule has 3 N–H and O–H groups in total. The van der Waals surface area contributed by atoms with Crippen molar-refractivity contribution in [3.8, 4) is 0 Å². The molecular weight excluding hydrogens is 402 g/mol. The summed E-state index contributed by atoms with van der Waals surface area (Å²) in [4.78, 5) is 38.8. The van der Waals surface area contributed by atoms with Gasteiger partial charge in [0.1, 0.15) is 11.4 Å². The summed E-state index contributed by atoms with van der Waals surface area (Å²) in [5.74, 6) is -1.18. The molecular formula is C22H23N3O4S. The Morgan fingerprint density at radius 3 is 2.40 bits per heavy atom. The van der Waals surface area contributed by atoms with E-state index >= 15 is 0 Å². The first-order chi connectivity index (χ1) is 14.4. The highest BCUT2D eigenvalue weighted by Crippen LogP contribution is 2.43. The number of para-hydroxylation sites is 1. The first-order valence-corrected chi connectivity index (χ1v) is 10.8. The number of nitrogens with one attached hydrogen (secondary N) is 2. The van der Waals surface area contributed by atoms with Gasteiger partial charge in [0.15, 0.2) is 6.04 Å². The predicted molar refractivity (Wildman–Crippen MR) is 115 cm³/mol. The van der Waals surface area contributed by atoms with E-state index in [0.29, 0.717) is 5.75 Å². The van der Waals surface area contributed by atoms with E-state index in [1.165, 1.54) is 16.7 Å². The molecule has 0 spiro atoms. The molecule has 2 aromatic rings. The van der Waals surface area contributed by atoms with Gasteiger partial charge in [-0.3, -0.25) is 9.59 Å². The van der Waals surface area contributed by atoms with E-state index in [9.17, 15) is 19.5 Å². The fourth-order valence-electron chi connectivity index (χ4n) is 4.07. The van der Waals surface area contributed by atoms with Crippen LogP contribution in [0.25, 0.3) is 0 Å². The number of thioether (sulfide) groups is 1. The number of benzene rings is 2. The lowest BCUT2D eigenvalue weighted by atomic mass is 9.87. The van der Waals surface area contributed by atoms with Gasteiger partial charge in [-0.25, -0.2) is 4.79 Å². The van der Waals surface area contributed by atoms with Gasteiger partial charge in [0, 0.05) is 11.4 Å². The van der Waals surface area contributed by atoms with E-state index in [1.807, 2.05) is 67.6 Å². The Balaban J connectivity index is 1.47. The van der Waals surface area contributed by atoms with E-state index in [0.717, 1.165) is 11.3 Å². The van der Waals surface area contributed by atoms with Crippen LogP contribution in [0.1, 0.15) is 12.5 Å². The molecule has 7 nitrogen and oxygen atoms in total. The van der Waals surface area contributed by atoms with Crippen molar-refractivity contribution in [3.63, 3.8) is 0 Å². The first kappa shape index (κ1) is 20.3. The summed E-state index contributed by atoms with van der Waals surface area (Å²) < 4.78 is 0. The van der Waals surface area contributed by atoms with Crippen LogP contribution in [0.4, 0.5) is 5.69 Å². The molecule has 8 heteroatoms. The summed E-state index contributed by atoms with van der Waals surface area (Å²) in [5, 5.41) is 15.6. The lowest BCUT2D eigenvalue weighted by Crippen LogP contribution is -2.80. The lowest BCUT2D eigenvalue weighted by Gasteiger charge is -2.57. The minimum atomic E-state index is -1.06. The van der Waals surface area contributed by atoms with Gasteiger partial charge in [-0.2, -0.15) is 0 Å². The van der Waals surface area contributed by atoms with Crippen molar-refractivity contribution in [3.05, 3.63) is 66.2 Å². The number of carboxylic acid groups (broad SMARTS) is 1. The Labute approximate surface area is 178 Å². The molecule has 2 aliphatic rings. The van der Waals surface area contributed by atoms with Crippen molar-refractivity contribution < 1.29 is 19.5 Å². The van der Waals surface area contributed by atoms with Crippen LogP contribution in [-0.2, 0) is 20.8 Å². The van der Waals surface area contributed by atoms with Crippen molar-refractivity contribution in [2.75, 3.05) is 11.1 Å². The van der Waals surface area contributed by atoms with Crippen molar-refractivity contribution in [1.29, 1.82) is 0 Å². The highest BCUT2D eigenvalue weighted by Gasteiger charge is 2.61. The van der Waals surface area contributed by atoms with Gasteiger partial charge >= 0.3 is 5.97 Å². The van der Waals surface area contributed by atoms with Gasteiger partial charge in [0.2, 0.25) is 11.8 Å². The number of aliphatic carboxylic acids is 1. The number of hydrogen-bond donors (Lipinski definition) is 3. The van der Waals surface area contributed by atoms with E-state index < -0.39 is 23.6 Å². The maximum absolute atomic E-state index is 12.8. The van der Waals surface area contributed by atoms with Gasteiger partial charge < -0.3 is 20.6 Å². The zero-order valence-corrected chi connectivity index (χ0v) is 17.3. The van der Waals surface area contributed by atoms with E-state index in [2.05, 4.69) is 10.6 Å². The molecule has 2 aliphatic heterocycles. The minimum absolute atomic E-state index is 0.178. The van der Waals surface area contributed by atoms with Crippen LogP contribution >= 0.6 is 11.8 Å². The fraction of sp³-hybridized carbons (Fsp3) is 0.318. The lowest BCUT2D eigenvalue weighted by molar-refractivity contribution is -0.165. The zero-order chi connectivity index (χ0) is 21.3. The van der Waals surface area contributed by atoms with Crippen molar-refractivity contribution in [2.45, 2.75) is 36.3 Å². The SMILES string of the molecule is CC1(Nc2ccccc2)CS[C@@H]2C(NC(=O)Cc3ccccc3)C(=O)N2C1C(=O)O. The molecule has 3 unspecified atom stereocenters. The number of carbonyl (C=O) groups excluding carboxylic acids is 2. The number of rotatable bonds is 6. The highest BCUT2D eigenvalue weighted by molar-refractivity contribution is 8.00. The van der Waals surface area contributed by atoms with E-state index in [1.54, 1.807) is 0 Å². The molecule has 2 fully saturated rings. The van der Waals surface area contributed by atoms with Crippen LogP contribution in [-0.4, -0.2) is 56.5 Å². The third kappa shape index (κ3) is 3.75. The first-order valence-electron chi connectivity index (χ1n) is 9.72. The normalized spacial score (nSPS) is 27.6. The van der Waals surface area contributed by atoms with Gasteiger partial charge in [0.25, 0.3) is 0 Å². The molecule has 0 bridgehead atoms. The second-order valence-electron chi connectivity index (χ2n) is 7.80. The van der Waals surface area contributed by atoms with Crippen LogP contribution in [0.15, 0.2) is 60.7 Å². The molecule has 30 heavy (non-hydrogen) atoms. The molecule has 0 aromatic heterocycles. The van der Waals surface area contributed by atoms with Crippen LogP contribution in [0, 0.1) is 0 Å². The number of fused-ring (bicyclic) bond motifs is 1. The minimum Gasteiger partial charge on any atom is -0.480 e. The Kier molecular flexibility index (Phi) is 5.42. The predicted octanol–water partition coefficient (Wildman–Crippen LogP) is 1.95. The maximum Gasteiger partial charge on any atom is 0.328 e. The molecule has 0 radical (unpaired) electrons. The highest BCUT2D eigenvalue weighted by atomic mass is 32.2. The number of nitrogens with zero attached hydrogens (tertiary/aromatic N) is 1. The number of hydrogen-bond acceptors (Lipinski definition) is 5. The van der Waals surface area contributed by atoms with Crippen molar-refractivity contribution in [1.82, 2.24) is 10.2 Å². The number of carbonyl (C=O) groups is 3. The molecule has 2 heterocycles. The maximum atomic E-state index is 12.8. The molecule has 4 atom stereocenters. The summed E-state index contributed by atoms with van der Waals surface area (Å²) in [6, 6.07) is 16.9. The summed E-state index contributed by atoms with van der Waals surface area (Å²) in [6.45, 7) is 1.82. The van der Waals surface area contributed by atoms with Crippen LogP contribution in [0.5, 0.6) is 0 Å². The van der Waals surface area contributed by atoms with Crippen LogP contribution in [0.2, 0.25) is 0 Å². The quantitative estimate of drug-likeness (QED) is 0.612. The standard InChI is InChI=1S/C22H23N3O4S/c1-22(24-15-10-6-3-7-11-15)13-30-20-17(19(27)25(20)18(22)21(28)29)23-16(26)12-14-8-4-2-5-9-14/h2-11,17-18,20,24H,12-13H2,1H3,(H,23,26)(H,28,29)/t17?,18?,20-,22?/m1/s1. The number of carboxylic acids is 1. The Bertz CT molecular complexity index is 955. The third-order valence-corrected chi connectivity index (χ3v) is 7.08. The summed E-state index contributed by atoms with van der Waals surface area (Å²) in [7, 11) is 0. The number of β-lactam (4-membered cyclic amide) rings is 1. The van der Waals surface area contributed by atoms with Crippen LogP contribution < -0.4 is 10.6 Å². The topological polar surface area (TPSA) is 98.7 Å². The molecule has 2 amide bonds. The average molecular weight is 426 g/mol. The van der Waals surface area contributed by atoms with Gasteiger partial charge in [-0.05, 0) is 24.6 Å². The second kappa shape index (κ2) is 8.02. The fourth-order valence-corrected chi connectivity index (χ4v) is 5.58. The Hall–Kier alpha value is -3.00.